The zero-order chi connectivity index (χ0) is 14.8. The number of benzene rings is 3. The maximum Gasteiger partial charge on any atom is 0.193 e. The second kappa shape index (κ2) is 5.53. The zero-order valence-corrected chi connectivity index (χ0v) is 12.4. The highest BCUT2D eigenvalue weighted by Crippen LogP contribution is 2.25. The van der Waals surface area contributed by atoms with Gasteiger partial charge in [-0.2, -0.15) is 0 Å². The summed E-state index contributed by atoms with van der Waals surface area (Å²) in [7, 11) is 0. The first kappa shape index (κ1) is 13.6. The molecule has 1 nitrogen and oxygen atoms in total. The van der Waals surface area contributed by atoms with Gasteiger partial charge < -0.3 is 0 Å². The zero-order valence-electron chi connectivity index (χ0n) is 12.4. The van der Waals surface area contributed by atoms with Crippen LogP contribution in [0.15, 0.2) is 60.7 Å². The Balaban J connectivity index is 2.14. The third-order valence-electron chi connectivity index (χ3n) is 3.99. The Morgan fingerprint density at radius 3 is 2.33 bits per heavy atom. The van der Waals surface area contributed by atoms with Crippen molar-refractivity contribution in [2.45, 2.75) is 20.3 Å². The van der Waals surface area contributed by atoms with E-state index in [1.165, 1.54) is 5.56 Å². The van der Waals surface area contributed by atoms with E-state index in [4.69, 9.17) is 0 Å². The van der Waals surface area contributed by atoms with Crippen molar-refractivity contribution in [3.05, 3.63) is 82.9 Å². The molecule has 0 saturated carbocycles. The van der Waals surface area contributed by atoms with E-state index in [0.29, 0.717) is 0 Å². The highest BCUT2D eigenvalue weighted by atomic mass is 16.1. The van der Waals surface area contributed by atoms with E-state index in [9.17, 15) is 4.79 Å². The molecule has 0 atom stereocenters. The van der Waals surface area contributed by atoms with E-state index < -0.39 is 0 Å². The summed E-state index contributed by atoms with van der Waals surface area (Å²) >= 11 is 0. The van der Waals surface area contributed by atoms with Crippen LogP contribution in [0.4, 0.5) is 0 Å². The Morgan fingerprint density at radius 2 is 1.62 bits per heavy atom. The van der Waals surface area contributed by atoms with Gasteiger partial charge in [-0.1, -0.05) is 67.6 Å². The molecule has 3 aromatic carbocycles. The summed E-state index contributed by atoms with van der Waals surface area (Å²) in [5.41, 5.74) is 3.85. The van der Waals surface area contributed by atoms with Crippen molar-refractivity contribution >= 4 is 16.6 Å². The van der Waals surface area contributed by atoms with Crippen LogP contribution in [0.5, 0.6) is 0 Å². The highest BCUT2D eigenvalue weighted by molar-refractivity contribution is 6.17. The van der Waals surface area contributed by atoms with Crippen LogP contribution in [0.1, 0.15) is 34.0 Å². The van der Waals surface area contributed by atoms with Gasteiger partial charge in [-0.15, -0.1) is 0 Å². The summed E-state index contributed by atoms with van der Waals surface area (Å²) in [4.78, 5) is 12.9. The molecule has 1 heteroatoms. The molecule has 0 amide bonds. The number of carbonyl (C=O) groups excluding carboxylic acids is 1. The summed E-state index contributed by atoms with van der Waals surface area (Å²) in [6.07, 6.45) is 0.988. The third kappa shape index (κ3) is 2.47. The topological polar surface area (TPSA) is 17.1 Å². The summed E-state index contributed by atoms with van der Waals surface area (Å²) in [5.74, 6) is 0.104. The largest absolute Gasteiger partial charge is 0.289 e. The predicted octanol–water partition coefficient (Wildman–Crippen LogP) is 4.94. The first-order chi connectivity index (χ1) is 10.2. The molecule has 0 heterocycles. The number of carbonyl (C=O) groups is 1. The number of hydrogen-bond donors (Lipinski definition) is 0. The lowest BCUT2D eigenvalue weighted by atomic mass is 9.93. The first-order valence-electron chi connectivity index (χ1n) is 7.32. The molecule has 104 valence electrons. The van der Waals surface area contributed by atoms with Gasteiger partial charge in [0.25, 0.3) is 0 Å². The Morgan fingerprint density at radius 1 is 0.905 bits per heavy atom. The molecule has 0 fully saturated rings. The van der Waals surface area contributed by atoms with Gasteiger partial charge in [0.2, 0.25) is 0 Å². The summed E-state index contributed by atoms with van der Waals surface area (Å²) < 4.78 is 0. The molecule has 3 aromatic rings. The van der Waals surface area contributed by atoms with Gasteiger partial charge in [-0.3, -0.25) is 4.79 Å². The van der Waals surface area contributed by atoms with Crippen LogP contribution in [-0.2, 0) is 6.42 Å². The van der Waals surface area contributed by atoms with Crippen molar-refractivity contribution in [1.82, 2.24) is 0 Å². The minimum atomic E-state index is 0.104. The van der Waals surface area contributed by atoms with E-state index in [2.05, 4.69) is 13.0 Å². The van der Waals surface area contributed by atoms with Gasteiger partial charge in [-0.05, 0) is 35.2 Å². The molecule has 0 N–H and O–H groups in total. The van der Waals surface area contributed by atoms with E-state index in [1.54, 1.807) is 0 Å². The van der Waals surface area contributed by atoms with Crippen LogP contribution in [-0.4, -0.2) is 5.78 Å². The van der Waals surface area contributed by atoms with Gasteiger partial charge in [0.15, 0.2) is 5.78 Å². The minimum Gasteiger partial charge on any atom is -0.289 e. The van der Waals surface area contributed by atoms with Gasteiger partial charge in [0.05, 0.1) is 0 Å². The average molecular weight is 274 g/mol. The summed E-state index contributed by atoms with van der Waals surface area (Å²) in [6.45, 7) is 4.12. The van der Waals surface area contributed by atoms with Crippen molar-refractivity contribution < 1.29 is 4.79 Å². The van der Waals surface area contributed by atoms with Gasteiger partial charge in [-0.25, -0.2) is 0 Å². The van der Waals surface area contributed by atoms with E-state index in [1.807, 2.05) is 61.5 Å². The quantitative estimate of drug-likeness (QED) is 0.618. The van der Waals surface area contributed by atoms with Crippen molar-refractivity contribution in [1.29, 1.82) is 0 Å². The van der Waals surface area contributed by atoms with Gasteiger partial charge in [0, 0.05) is 11.1 Å². The van der Waals surface area contributed by atoms with Crippen molar-refractivity contribution in [3.63, 3.8) is 0 Å². The third-order valence-corrected chi connectivity index (χ3v) is 3.99. The SMILES string of the molecule is CCc1ccc(C(=O)c2c(C)ccc3ccccc23)cc1. The lowest BCUT2D eigenvalue weighted by molar-refractivity contribution is 0.103. The van der Waals surface area contributed by atoms with Crippen LogP contribution >= 0.6 is 0 Å². The Labute approximate surface area is 125 Å². The molecule has 0 radical (unpaired) electrons. The fraction of sp³-hybridized carbons (Fsp3) is 0.150. The first-order valence-corrected chi connectivity index (χ1v) is 7.32. The number of aryl methyl sites for hydroxylation is 2. The van der Waals surface area contributed by atoms with Gasteiger partial charge in [0.1, 0.15) is 0 Å². The number of rotatable bonds is 3. The van der Waals surface area contributed by atoms with Crippen LogP contribution in [0.2, 0.25) is 0 Å². The second-order valence-electron chi connectivity index (χ2n) is 5.36. The van der Waals surface area contributed by atoms with Crippen LogP contribution < -0.4 is 0 Å². The fourth-order valence-electron chi connectivity index (χ4n) is 2.72. The minimum absolute atomic E-state index is 0.104. The molecule has 0 aromatic heterocycles. The standard InChI is InChI=1S/C20H18O/c1-3-15-9-12-17(13-10-15)20(21)19-14(2)8-11-16-6-4-5-7-18(16)19/h4-13H,3H2,1-2H3. The van der Waals surface area contributed by atoms with Crippen LogP contribution in [0.3, 0.4) is 0 Å². The number of hydrogen-bond acceptors (Lipinski definition) is 1. The predicted molar refractivity (Wildman–Crippen MR) is 87.9 cm³/mol. The molecule has 0 aliphatic rings. The molecule has 3 rings (SSSR count). The Bertz CT molecular complexity index is 798. The van der Waals surface area contributed by atoms with Crippen molar-refractivity contribution in [3.8, 4) is 0 Å². The number of fused-ring (bicyclic) bond motifs is 1. The van der Waals surface area contributed by atoms with E-state index >= 15 is 0 Å². The molecule has 0 spiro atoms. The average Bonchev–Trinajstić information content (AvgIpc) is 2.54. The lowest BCUT2D eigenvalue weighted by Crippen LogP contribution is -2.05. The molecule has 0 aliphatic carbocycles. The van der Waals surface area contributed by atoms with Crippen molar-refractivity contribution in [2.75, 3.05) is 0 Å². The molecular formula is C20H18O. The molecule has 0 aliphatic heterocycles. The Kier molecular flexibility index (Phi) is 3.57. The van der Waals surface area contributed by atoms with Crippen LogP contribution in [0, 0.1) is 6.92 Å². The maximum absolute atomic E-state index is 12.9. The Hall–Kier alpha value is -2.41. The molecular weight excluding hydrogens is 256 g/mol. The molecule has 0 unspecified atom stereocenters. The van der Waals surface area contributed by atoms with E-state index in [0.717, 1.165) is 33.9 Å². The van der Waals surface area contributed by atoms with Crippen LogP contribution in [0.25, 0.3) is 10.8 Å². The normalized spacial score (nSPS) is 10.8. The van der Waals surface area contributed by atoms with E-state index in [-0.39, 0.29) is 5.78 Å². The highest BCUT2D eigenvalue weighted by Gasteiger charge is 2.15. The molecule has 0 saturated heterocycles. The second-order valence-corrected chi connectivity index (χ2v) is 5.36. The monoisotopic (exact) mass is 274 g/mol. The van der Waals surface area contributed by atoms with Gasteiger partial charge >= 0.3 is 0 Å². The summed E-state index contributed by atoms with van der Waals surface area (Å²) in [5, 5.41) is 2.14. The number of ketones is 1. The van der Waals surface area contributed by atoms with Crippen molar-refractivity contribution in [2.24, 2.45) is 0 Å². The lowest BCUT2D eigenvalue weighted by Gasteiger charge is -2.10. The summed E-state index contributed by atoms with van der Waals surface area (Å²) in [6, 6.07) is 20.1. The molecule has 21 heavy (non-hydrogen) atoms. The fourth-order valence-corrected chi connectivity index (χ4v) is 2.72. The maximum atomic E-state index is 12.9. The molecule has 0 bridgehead atoms. The smallest absolute Gasteiger partial charge is 0.193 e.